The summed E-state index contributed by atoms with van der Waals surface area (Å²) in [6.07, 6.45) is 5.90. The van der Waals surface area contributed by atoms with E-state index in [-0.39, 0.29) is 5.91 Å². The van der Waals surface area contributed by atoms with Crippen molar-refractivity contribution in [1.29, 1.82) is 0 Å². The second-order valence-corrected chi connectivity index (χ2v) is 9.23. The molecule has 3 rings (SSSR count). The second-order valence-electron chi connectivity index (χ2n) is 8.41. The molecule has 174 valence electrons. The fraction of sp³-hybridized carbons (Fsp3) is 0.480. The van der Waals surface area contributed by atoms with Gasteiger partial charge in [-0.1, -0.05) is 47.5 Å². The van der Waals surface area contributed by atoms with E-state index in [9.17, 15) is 4.79 Å². The SMILES string of the molecule is CN(C(=O)c1ccccc1CCCCc1ccc(Cl)c(Cl)c1)N1CCC(NCCN)CC1. The number of hydrazine groups is 1. The summed E-state index contributed by atoms with van der Waals surface area (Å²) in [6, 6.07) is 14.3. The number of halogens is 2. The molecule has 1 saturated heterocycles. The van der Waals surface area contributed by atoms with Crippen LogP contribution < -0.4 is 11.1 Å². The Morgan fingerprint density at radius 3 is 2.53 bits per heavy atom. The molecule has 0 aromatic heterocycles. The number of piperidine rings is 1. The molecule has 2 aromatic carbocycles. The van der Waals surface area contributed by atoms with Gasteiger partial charge in [-0.3, -0.25) is 9.80 Å². The molecule has 0 radical (unpaired) electrons. The van der Waals surface area contributed by atoms with Crippen LogP contribution in [0.2, 0.25) is 10.0 Å². The average Bonchev–Trinajstić information content (AvgIpc) is 2.82. The number of carbonyl (C=O) groups is 1. The Hall–Kier alpha value is -1.63. The van der Waals surface area contributed by atoms with Crippen LogP contribution in [0.25, 0.3) is 0 Å². The Balaban J connectivity index is 1.52. The Morgan fingerprint density at radius 2 is 1.81 bits per heavy atom. The Kier molecular flexibility index (Phi) is 9.82. The second kappa shape index (κ2) is 12.6. The average molecular weight is 477 g/mol. The first-order chi connectivity index (χ1) is 15.5. The third-order valence-corrected chi connectivity index (χ3v) is 6.90. The van der Waals surface area contributed by atoms with Gasteiger partial charge in [0.2, 0.25) is 0 Å². The van der Waals surface area contributed by atoms with Crippen molar-refractivity contribution in [2.24, 2.45) is 5.73 Å². The zero-order valence-electron chi connectivity index (χ0n) is 18.8. The van der Waals surface area contributed by atoms with Crippen molar-refractivity contribution in [3.05, 3.63) is 69.2 Å². The van der Waals surface area contributed by atoms with Gasteiger partial charge in [0.15, 0.2) is 0 Å². The lowest BCUT2D eigenvalue weighted by Gasteiger charge is -2.38. The summed E-state index contributed by atoms with van der Waals surface area (Å²) in [5, 5.41) is 8.62. The Bertz CT molecular complexity index is 884. The van der Waals surface area contributed by atoms with Crippen molar-refractivity contribution in [1.82, 2.24) is 15.3 Å². The smallest absolute Gasteiger partial charge is 0.268 e. The topological polar surface area (TPSA) is 61.6 Å². The zero-order valence-corrected chi connectivity index (χ0v) is 20.3. The molecule has 1 aliphatic rings. The van der Waals surface area contributed by atoms with Crippen molar-refractivity contribution in [2.75, 3.05) is 33.2 Å². The molecule has 2 aromatic rings. The highest BCUT2D eigenvalue weighted by molar-refractivity contribution is 6.42. The number of unbranched alkanes of at least 4 members (excludes halogenated alkanes) is 1. The number of benzene rings is 2. The summed E-state index contributed by atoms with van der Waals surface area (Å²) in [4.78, 5) is 13.3. The van der Waals surface area contributed by atoms with Gasteiger partial charge >= 0.3 is 0 Å². The van der Waals surface area contributed by atoms with Crippen LogP contribution in [0.5, 0.6) is 0 Å². The number of hydrogen-bond donors (Lipinski definition) is 2. The fourth-order valence-electron chi connectivity index (χ4n) is 4.25. The number of nitrogens with two attached hydrogens (primary N) is 1. The quantitative estimate of drug-likeness (QED) is 0.493. The molecule has 1 heterocycles. The number of rotatable bonds is 10. The molecule has 0 saturated carbocycles. The fourth-order valence-corrected chi connectivity index (χ4v) is 4.57. The lowest BCUT2D eigenvalue weighted by atomic mass is 9.99. The first kappa shape index (κ1) is 25.0. The van der Waals surface area contributed by atoms with Crippen molar-refractivity contribution in [2.45, 2.75) is 44.6 Å². The molecule has 0 atom stereocenters. The molecule has 1 fully saturated rings. The third kappa shape index (κ3) is 6.93. The molecule has 5 nitrogen and oxygen atoms in total. The Labute approximate surface area is 201 Å². The zero-order chi connectivity index (χ0) is 22.9. The number of amides is 1. The van der Waals surface area contributed by atoms with Gasteiger partial charge in [-0.15, -0.1) is 0 Å². The molecule has 32 heavy (non-hydrogen) atoms. The van der Waals surface area contributed by atoms with Crippen LogP contribution >= 0.6 is 23.2 Å². The summed E-state index contributed by atoms with van der Waals surface area (Å²) < 4.78 is 0. The number of nitrogens with one attached hydrogen (secondary N) is 1. The molecule has 7 heteroatoms. The van der Waals surface area contributed by atoms with Crippen LogP contribution in [0.1, 0.15) is 47.2 Å². The summed E-state index contributed by atoms with van der Waals surface area (Å²) in [7, 11) is 1.89. The highest BCUT2D eigenvalue weighted by Crippen LogP contribution is 2.24. The minimum Gasteiger partial charge on any atom is -0.329 e. The minimum atomic E-state index is 0.0680. The van der Waals surface area contributed by atoms with Crippen LogP contribution in [0.15, 0.2) is 42.5 Å². The van der Waals surface area contributed by atoms with Crippen molar-refractivity contribution in [3.63, 3.8) is 0 Å². The number of nitrogens with zero attached hydrogens (tertiary/aromatic N) is 2. The maximum Gasteiger partial charge on any atom is 0.268 e. The predicted octanol–water partition coefficient (Wildman–Crippen LogP) is 4.56. The minimum absolute atomic E-state index is 0.0680. The van der Waals surface area contributed by atoms with E-state index in [1.54, 1.807) is 5.01 Å². The molecule has 1 aliphatic heterocycles. The highest BCUT2D eigenvalue weighted by atomic mass is 35.5. The largest absolute Gasteiger partial charge is 0.329 e. The van der Waals surface area contributed by atoms with E-state index in [1.165, 1.54) is 5.56 Å². The molecule has 1 amide bonds. The molecule has 3 N–H and O–H groups in total. The monoisotopic (exact) mass is 476 g/mol. The molecular weight excluding hydrogens is 443 g/mol. The van der Waals surface area contributed by atoms with Crippen LogP contribution in [-0.4, -0.2) is 55.2 Å². The highest BCUT2D eigenvalue weighted by Gasteiger charge is 2.25. The van der Waals surface area contributed by atoms with Gasteiger partial charge in [-0.25, -0.2) is 5.01 Å². The lowest BCUT2D eigenvalue weighted by Crippen LogP contribution is -2.51. The first-order valence-corrected chi connectivity index (χ1v) is 12.2. The molecular formula is C25H34Cl2N4O. The van der Waals surface area contributed by atoms with Gasteiger partial charge < -0.3 is 11.1 Å². The van der Waals surface area contributed by atoms with Gasteiger partial charge in [-0.2, -0.15) is 0 Å². The maximum absolute atomic E-state index is 13.3. The van der Waals surface area contributed by atoms with Crippen molar-refractivity contribution in [3.8, 4) is 0 Å². The van der Waals surface area contributed by atoms with Crippen LogP contribution in [0.3, 0.4) is 0 Å². The summed E-state index contributed by atoms with van der Waals surface area (Å²) >= 11 is 12.1. The first-order valence-electron chi connectivity index (χ1n) is 11.5. The normalized spacial score (nSPS) is 15.1. The van der Waals surface area contributed by atoms with E-state index < -0.39 is 0 Å². The number of carbonyl (C=O) groups excluding carboxylic acids is 1. The van der Waals surface area contributed by atoms with E-state index in [2.05, 4.69) is 16.4 Å². The Morgan fingerprint density at radius 1 is 1.09 bits per heavy atom. The molecule has 0 aliphatic carbocycles. The van der Waals surface area contributed by atoms with Gasteiger partial charge in [0.25, 0.3) is 5.91 Å². The maximum atomic E-state index is 13.3. The van der Waals surface area contributed by atoms with E-state index in [0.717, 1.165) is 69.3 Å². The van der Waals surface area contributed by atoms with Crippen molar-refractivity contribution < 1.29 is 4.79 Å². The van der Waals surface area contributed by atoms with E-state index in [1.807, 2.05) is 43.4 Å². The summed E-state index contributed by atoms with van der Waals surface area (Å²) in [5.41, 5.74) is 8.68. The third-order valence-electron chi connectivity index (χ3n) is 6.16. The van der Waals surface area contributed by atoms with E-state index in [0.29, 0.717) is 22.6 Å². The predicted molar refractivity (Wildman–Crippen MR) is 133 cm³/mol. The van der Waals surface area contributed by atoms with E-state index in [4.69, 9.17) is 28.9 Å². The van der Waals surface area contributed by atoms with Gasteiger partial charge in [-0.05, 0) is 67.9 Å². The van der Waals surface area contributed by atoms with E-state index >= 15 is 0 Å². The van der Waals surface area contributed by atoms with Crippen molar-refractivity contribution >= 4 is 29.1 Å². The van der Waals surface area contributed by atoms with Crippen LogP contribution in [0.4, 0.5) is 0 Å². The summed E-state index contributed by atoms with van der Waals surface area (Å²) in [6.45, 7) is 3.24. The van der Waals surface area contributed by atoms with Crippen LogP contribution in [-0.2, 0) is 12.8 Å². The molecule has 0 unspecified atom stereocenters. The standard InChI is InChI=1S/C25H34Cl2N4O/c1-30(31-16-12-21(13-17-31)29-15-14-28)25(32)22-9-5-4-8-20(22)7-3-2-6-19-10-11-23(26)24(27)18-19/h4-5,8-11,18,21,29H,2-3,6-7,12-17,28H2,1H3. The molecule has 0 bridgehead atoms. The van der Waals surface area contributed by atoms with Gasteiger partial charge in [0.1, 0.15) is 0 Å². The number of aryl methyl sites for hydroxylation is 2. The molecule has 0 spiro atoms. The van der Waals surface area contributed by atoms with Gasteiger partial charge in [0, 0.05) is 44.8 Å². The van der Waals surface area contributed by atoms with Gasteiger partial charge in [0.05, 0.1) is 10.0 Å². The summed E-state index contributed by atoms with van der Waals surface area (Å²) in [5.74, 6) is 0.0680. The van der Waals surface area contributed by atoms with Crippen LogP contribution in [0, 0.1) is 0 Å². The lowest BCUT2D eigenvalue weighted by molar-refractivity contribution is -0.00999. The number of hydrogen-bond acceptors (Lipinski definition) is 4.